The Morgan fingerprint density at radius 2 is 1.88 bits per heavy atom. The molecule has 0 bridgehead atoms. The molecule has 5 heteroatoms. The predicted molar refractivity (Wildman–Crippen MR) is 58.9 cm³/mol. The van der Waals surface area contributed by atoms with E-state index in [1.807, 2.05) is 0 Å². The number of methoxy groups -OCH3 is 2. The van der Waals surface area contributed by atoms with E-state index in [0.717, 1.165) is 0 Å². The highest BCUT2D eigenvalue weighted by atomic mass is 16.6. The van der Waals surface area contributed by atoms with Crippen molar-refractivity contribution in [2.24, 2.45) is 0 Å². The van der Waals surface area contributed by atoms with E-state index in [1.54, 1.807) is 25.3 Å². The predicted octanol–water partition coefficient (Wildman–Crippen LogP) is 1.04. The Morgan fingerprint density at radius 1 is 1.19 bits per heavy atom. The molecule has 0 atom stereocenters. The number of ketones is 1. The number of Topliss-reactive ketones (excluding diaryl/α,β-unsaturated/α-hetero) is 1. The smallest absolute Gasteiger partial charge is 0.179 e. The van der Waals surface area contributed by atoms with E-state index >= 15 is 0 Å². The minimum atomic E-state index is -0.0807. The molecule has 0 aliphatic rings. The first kappa shape index (κ1) is 12.5. The van der Waals surface area contributed by atoms with Gasteiger partial charge in [-0.15, -0.1) is 0 Å². The van der Waals surface area contributed by atoms with Crippen LogP contribution in [0.5, 0.6) is 11.5 Å². The monoisotopic (exact) mass is 225 g/mol. The molecule has 0 amide bonds. The normalized spacial score (nSPS) is 9.94. The van der Waals surface area contributed by atoms with Crippen molar-refractivity contribution in [1.82, 2.24) is 5.48 Å². The third kappa shape index (κ3) is 2.95. The molecule has 1 N–H and O–H groups in total. The van der Waals surface area contributed by atoms with Crippen LogP contribution >= 0.6 is 0 Å². The number of carbonyl (C=O) groups excluding carboxylic acids is 1. The molecule has 88 valence electrons. The van der Waals surface area contributed by atoms with Crippen molar-refractivity contribution < 1.29 is 19.1 Å². The largest absolute Gasteiger partial charge is 0.493 e. The maximum Gasteiger partial charge on any atom is 0.179 e. The van der Waals surface area contributed by atoms with E-state index in [9.17, 15) is 4.79 Å². The summed E-state index contributed by atoms with van der Waals surface area (Å²) in [5.41, 5.74) is 3.03. The molecule has 0 saturated heterocycles. The van der Waals surface area contributed by atoms with Gasteiger partial charge >= 0.3 is 0 Å². The van der Waals surface area contributed by atoms with Crippen molar-refractivity contribution >= 4 is 5.78 Å². The van der Waals surface area contributed by atoms with Crippen molar-refractivity contribution in [3.8, 4) is 11.5 Å². The quantitative estimate of drug-likeness (QED) is 0.579. The molecule has 1 aromatic carbocycles. The summed E-state index contributed by atoms with van der Waals surface area (Å²) in [6.07, 6.45) is 0. The highest BCUT2D eigenvalue weighted by Gasteiger charge is 2.10. The second-order valence-electron chi connectivity index (χ2n) is 3.02. The zero-order valence-corrected chi connectivity index (χ0v) is 9.57. The molecule has 5 nitrogen and oxygen atoms in total. The van der Waals surface area contributed by atoms with Crippen molar-refractivity contribution in [2.75, 3.05) is 27.9 Å². The van der Waals surface area contributed by atoms with Gasteiger partial charge in [0.2, 0.25) is 0 Å². The molecule has 0 heterocycles. The summed E-state index contributed by atoms with van der Waals surface area (Å²) in [4.78, 5) is 16.2. The van der Waals surface area contributed by atoms with Crippen LogP contribution in [0.2, 0.25) is 0 Å². The molecule has 0 aliphatic heterocycles. The van der Waals surface area contributed by atoms with Gasteiger partial charge in [-0.25, -0.2) is 0 Å². The van der Waals surface area contributed by atoms with Crippen LogP contribution < -0.4 is 15.0 Å². The van der Waals surface area contributed by atoms with Crippen LogP contribution in [-0.2, 0) is 4.84 Å². The number of hydroxylamine groups is 1. The Balaban J connectivity index is 2.85. The Hall–Kier alpha value is -1.59. The zero-order chi connectivity index (χ0) is 12.0. The number of ether oxygens (including phenoxy) is 2. The molecule has 0 aromatic heterocycles. The molecular weight excluding hydrogens is 210 g/mol. The Morgan fingerprint density at radius 3 is 2.44 bits per heavy atom. The van der Waals surface area contributed by atoms with Gasteiger partial charge < -0.3 is 14.3 Å². The van der Waals surface area contributed by atoms with Crippen LogP contribution in [-0.4, -0.2) is 33.7 Å². The number of hydrogen-bond donors (Lipinski definition) is 1. The summed E-state index contributed by atoms with van der Waals surface area (Å²) >= 11 is 0. The van der Waals surface area contributed by atoms with Gasteiger partial charge in [0.15, 0.2) is 17.3 Å². The van der Waals surface area contributed by atoms with Gasteiger partial charge in [-0.1, -0.05) is 0 Å². The molecule has 0 spiro atoms. The lowest BCUT2D eigenvalue weighted by atomic mass is 10.1. The number of carbonyl (C=O) groups is 1. The number of nitrogens with one attached hydrogen (secondary N) is 1. The Labute approximate surface area is 94.3 Å². The van der Waals surface area contributed by atoms with Crippen LogP contribution in [0.1, 0.15) is 10.4 Å². The Bertz CT molecular complexity index is 365. The van der Waals surface area contributed by atoms with E-state index in [0.29, 0.717) is 17.1 Å². The highest BCUT2D eigenvalue weighted by molar-refractivity contribution is 5.98. The average Bonchev–Trinajstić information content (AvgIpc) is 2.34. The van der Waals surface area contributed by atoms with Crippen LogP contribution in [0.3, 0.4) is 0 Å². The summed E-state index contributed by atoms with van der Waals surface area (Å²) in [6, 6.07) is 5.01. The van der Waals surface area contributed by atoms with Crippen molar-refractivity contribution in [2.45, 2.75) is 0 Å². The second kappa shape index (κ2) is 6.09. The van der Waals surface area contributed by atoms with Crippen molar-refractivity contribution in [3.05, 3.63) is 23.8 Å². The number of hydrogen-bond acceptors (Lipinski definition) is 5. The summed E-state index contributed by atoms with van der Waals surface area (Å²) < 4.78 is 10.2. The molecule has 0 saturated carbocycles. The number of rotatable bonds is 6. The zero-order valence-electron chi connectivity index (χ0n) is 9.57. The fourth-order valence-corrected chi connectivity index (χ4v) is 1.25. The van der Waals surface area contributed by atoms with Gasteiger partial charge in [-0.2, -0.15) is 5.48 Å². The summed E-state index contributed by atoms with van der Waals surface area (Å²) in [5, 5.41) is 0. The van der Waals surface area contributed by atoms with Crippen LogP contribution in [0.15, 0.2) is 18.2 Å². The Kier molecular flexibility index (Phi) is 4.75. The number of benzene rings is 1. The summed E-state index contributed by atoms with van der Waals surface area (Å²) in [5.74, 6) is 1.05. The molecule has 0 radical (unpaired) electrons. The third-order valence-corrected chi connectivity index (χ3v) is 2.08. The van der Waals surface area contributed by atoms with E-state index in [1.165, 1.54) is 14.2 Å². The first-order valence-corrected chi connectivity index (χ1v) is 4.74. The van der Waals surface area contributed by atoms with Crippen molar-refractivity contribution in [3.63, 3.8) is 0 Å². The van der Waals surface area contributed by atoms with E-state index in [2.05, 4.69) is 10.3 Å². The van der Waals surface area contributed by atoms with Crippen LogP contribution in [0.25, 0.3) is 0 Å². The molecular formula is C11H15NO4. The highest BCUT2D eigenvalue weighted by Crippen LogP contribution is 2.27. The lowest BCUT2D eigenvalue weighted by Crippen LogP contribution is -2.21. The van der Waals surface area contributed by atoms with E-state index in [4.69, 9.17) is 9.47 Å². The average molecular weight is 225 g/mol. The van der Waals surface area contributed by atoms with Crippen molar-refractivity contribution in [1.29, 1.82) is 0 Å². The summed E-state index contributed by atoms with van der Waals surface area (Å²) in [7, 11) is 4.53. The molecule has 1 aromatic rings. The standard InChI is InChI=1S/C11H15NO4/c1-14-10-5-4-8(6-11(10)15-2)9(13)7-12-16-3/h4-6,12H,7H2,1-3H3. The molecule has 0 unspecified atom stereocenters. The van der Waals surface area contributed by atoms with Gasteiger partial charge in [0, 0.05) is 5.56 Å². The molecule has 1 rings (SSSR count). The van der Waals surface area contributed by atoms with Gasteiger partial charge in [-0.3, -0.25) is 4.79 Å². The maximum atomic E-state index is 11.6. The SMILES string of the molecule is CONCC(=O)c1ccc(OC)c(OC)c1. The van der Waals surface area contributed by atoms with Gasteiger partial charge in [-0.05, 0) is 18.2 Å². The lowest BCUT2D eigenvalue weighted by Gasteiger charge is -2.09. The maximum absolute atomic E-state index is 11.6. The van der Waals surface area contributed by atoms with Crippen LogP contribution in [0.4, 0.5) is 0 Å². The molecule has 16 heavy (non-hydrogen) atoms. The van der Waals surface area contributed by atoms with E-state index < -0.39 is 0 Å². The fourth-order valence-electron chi connectivity index (χ4n) is 1.25. The van der Waals surface area contributed by atoms with E-state index in [-0.39, 0.29) is 12.3 Å². The van der Waals surface area contributed by atoms with Gasteiger partial charge in [0.1, 0.15) is 0 Å². The van der Waals surface area contributed by atoms with Crippen LogP contribution in [0, 0.1) is 0 Å². The fraction of sp³-hybridized carbons (Fsp3) is 0.364. The molecule has 0 aliphatic carbocycles. The second-order valence-corrected chi connectivity index (χ2v) is 3.02. The third-order valence-electron chi connectivity index (χ3n) is 2.08. The minimum absolute atomic E-state index is 0.0807. The van der Waals surface area contributed by atoms with Gasteiger partial charge in [0.25, 0.3) is 0 Å². The minimum Gasteiger partial charge on any atom is -0.493 e. The lowest BCUT2D eigenvalue weighted by molar-refractivity contribution is 0.0735. The summed E-state index contributed by atoms with van der Waals surface area (Å²) in [6.45, 7) is 0.117. The molecule has 0 fully saturated rings. The first-order chi connectivity index (χ1) is 7.72. The topological polar surface area (TPSA) is 56.8 Å². The van der Waals surface area contributed by atoms with Gasteiger partial charge in [0.05, 0.1) is 27.9 Å². The first-order valence-electron chi connectivity index (χ1n) is 4.74.